The van der Waals surface area contributed by atoms with Gasteiger partial charge in [0.05, 0.1) is 18.3 Å². The van der Waals surface area contributed by atoms with Gasteiger partial charge >= 0.3 is 5.97 Å². The van der Waals surface area contributed by atoms with Crippen LogP contribution in [0.15, 0.2) is 59.2 Å². The first-order valence-electron chi connectivity index (χ1n) is 18.1. The molecule has 7 nitrogen and oxygen atoms in total. The Morgan fingerprint density at radius 2 is 1.71 bits per heavy atom. The minimum Gasteiger partial charge on any atom is -0.478 e. The first kappa shape index (κ1) is 35.0. The largest absolute Gasteiger partial charge is 0.478 e. The molecule has 3 fully saturated rings. The lowest BCUT2D eigenvalue weighted by atomic mass is 9.38. The number of allylic oxidation sites excluding steroid dienone is 1. The molecule has 4 N–H and O–H groups in total. The Morgan fingerprint density at radius 3 is 2.40 bits per heavy atom. The summed E-state index contributed by atoms with van der Waals surface area (Å²) in [5, 5.41) is 45.4. The van der Waals surface area contributed by atoms with Crippen LogP contribution in [-0.4, -0.2) is 56.3 Å². The van der Waals surface area contributed by atoms with E-state index in [1.165, 1.54) is 13.0 Å². The zero-order chi connectivity index (χ0) is 34.8. The number of carbonyl (C=O) groups excluding carboxylic acids is 2. The number of carboxylic acids is 1. The van der Waals surface area contributed by atoms with Crippen LogP contribution < -0.4 is 0 Å². The van der Waals surface area contributed by atoms with Crippen LogP contribution in [0.1, 0.15) is 104 Å². The summed E-state index contributed by atoms with van der Waals surface area (Å²) < 4.78 is 0. The molecule has 6 rings (SSSR count). The number of rotatable bonds is 7. The minimum absolute atomic E-state index is 0.0533. The van der Waals surface area contributed by atoms with Crippen LogP contribution in [0, 0.1) is 45.3 Å². The van der Waals surface area contributed by atoms with Crippen LogP contribution in [0.4, 0.5) is 0 Å². The fourth-order valence-corrected chi connectivity index (χ4v) is 11.9. The third-order valence-corrected chi connectivity index (χ3v) is 14.0. The summed E-state index contributed by atoms with van der Waals surface area (Å²) in [6, 6.07) is 9.95. The zero-order valence-corrected chi connectivity index (χ0v) is 29.2. The van der Waals surface area contributed by atoms with Gasteiger partial charge in [-0.1, -0.05) is 89.4 Å². The van der Waals surface area contributed by atoms with E-state index >= 15 is 4.79 Å². The molecular formula is C41H54O7. The Labute approximate surface area is 285 Å². The van der Waals surface area contributed by atoms with Gasteiger partial charge in [0, 0.05) is 46.2 Å². The molecule has 48 heavy (non-hydrogen) atoms. The molecule has 0 heterocycles. The highest BCUT2D eigenvalue weighted by Gasteiger charge is 2.73. The topological polar surface area (TPSA) is 132 Å². The monoisotopic (exact) mass is 658 g/mol. The first-order valence-corrected chi connectivity index (χ1v) is 18.1. The van der Waals surface area contributed by atoms with Gasteiger partial charge in [0.25, 0.3) is 0 Å². The van der Waals surface area contributed by atoms with Crippen molar-refractivity contribution >= 4 is 23.6 Å². The molecule has 5 aliphatic carbocycles. The third-order valence-electron chi connectivity index (χ3n) is 14.0. The van der Waals surface area contributed by atoms with E-state index < -0.39 is 51.9 Å². The second kappa shape index (κ2) is 12.5. The quantitative estimate of drug-likeness (QED) is 0.240. The summed E-state index contributed by atoms with van der Waals surface area (Å²) in [6.45, 7) is 9.63. The molecule has 2 bridgehead atoms. The molecular weight excluding hydrogens is 604 g/mol. The Hall–Kier alpha value is -2.87. The van der Waals surface area contributed by atoms with Crippen molar-refractivity contribution in [2.75, 3.05) is 0 Å². The number of benzene rings is 1. The number of aliphatic carboxylic acids is 1. The SMILES string of the molecule is CC(=CC(O)CC(C)C1CC(O)C2(C)C3=C4C(=O)CC12CCCCCC41CCC(=O)C(C)(C)C1C(C=Cc1ccccc1)C3O)C(=O)O. The average Bonchev–Trinajstić information content (AvgIpc) is 3.25. The highest BCUT2D eigenvalue weighted by molar-refractivity contribution is 6.01. The zero-order valence-electron chi connectivity index (χ0n) is 29.2. The standard InChI is InChI=1S/C41H54O7/c1-24(20-27(42)21-25(2)37(47)48)29-22-32(45)39(5)34-33-30(43)23-41(29,39)18-11-7-10-17-40(33)19-16-31(44)38(3,4)36(40)28(35(34)46)15-14-26-12-8-6-9-13-26/h6,8-9,12-15,21,24,27-29,32,35-36,42,45-46H,7,10-11,16-20,22-23H2,1-5H3,(H,47,48). The summed E-state index contributed by atoms with van der Waals surface area (Å²) >= 11 is 0. The van der Waals surface area contributed by atoms with Crippen molar-refractivity contribution in [3.63, 3.8) is 0 Å². The minimum atomic E-state index is -1.07. The van der Waals surface area contributed by atoms with Crippen molar-refractivity contribution in [3.05, 3.63) is 64.8 Å². The van der Waals surface area contributed by atoms with E-state index in [1.54, 1.807) is 0 Å². The van der Waals surface area contributed by atoms with Gasteiger partial charge in [0.15, 0.2) is 5.78 Å². The normalized spacial score (nSPS) is 39.2. The van der Waals surface area contributed by atoms with Crippen LogP contribution >= 0.6 is 0 Å². The Kier molecular flexibility index (Phi) is 9.09. The molecule has 260 valence electrons. The Bertz CT molecular complexity index is 1550. The molecule has 0 amide bonds. The van der Waals surface area contributed by atoms with Gasteiger partial charge in [0.2, 0.25) is 0 Å². The number of carboxylic acid groups (broad SMARTS) is 1. The van der Waals surface area contributed by atoms with Crippen molar-refractivity contribution in [1.29, 1.82) is 0 Å². The molecule has 0 aromatic heterocycles. The second-order valence-corrected chi connectivity index (χ2v) is 16.7. The molecule has 3 saturated carbocycles. The van der Waals surface area contributed by atoms with Crippen LogP contribution in [0.25, 0.3) is 6.08 Å². The molecule has 0 aliphatic heterocycles. The van der Waals surface area contributed by atoms with Crippen LogP contribution in [0.2, 0.25) is 0 Å². The van der Waals surface area contributed by atoms with E-state index in [0.717, 1.165) is 37.7 Å². The maximum absolute atomic E-state index is 15.0. The lowest BCUT2D eigenvalue weighted by molar-refractivity contribution is -0.155. The predicted molar refractivity (Wildman–Crippen MR) is 184 cm³/mol. The maximum atomic E-state index is 15.0. The molecule has 10 unspecified atom stereocenters. The fourth-order valence-electron chi connectivity index (χ4n) is 11.9. The highest BCUT2D eigenvalue weighted by atomic mass is 16.4. The lowest BCUT2D eigenvalue weighted by Crippen LogP contribution is -2.64. The highest BCUT2D eigenvalue weighted by Crippen LogP contribution is 2.74. The first-order chi connectivity index (χ1) is 22.6. The van der Waals surface area contributed by atoms with E-state index in [0.29, 0.717) is 36.8 Å². The number of carbonyl (C=O) groups is 3. The smallest absolute Gasteiger partial charge is 0.331 e. The molecule has 0 saturated heterocycles. The van der Waals surface area contributed by atoms with Gasteiger partial charge in [-0.3, -0.25) is 9.59 Å². The number of fused-ring (bicyclic) bond motifs is 2. The maximum Gasteiger partial charge on any atom is 0.331 e. The van der Waals surface area contributed by atoms with Gasteiger partial charge in [-0.25, -0.2) is 4.79 Å². The van der Waals surface area contributed by atoms with E-state index in [-0.39, 0.29) is 41.3 Å². The van der Waals surface area contributed by atoms with Gasteiger partial charge in [-0.15, -0.1) is 0 Å². The predicted octanol–water partition coefficient (Wildman–Crippen LogP) is 6.71. The van der Waals surface area contributed by atoms with Crippen LogP contribution in [0.5, 0.6) is 0 Å². The average molecular weight is 659 g/mol. The van der Waals surface area contributed by atoms with Crippen LogP contribution in [0.3, 0.4) is 0 Å². The summed E-state index contributed by atoms with van der Waals surface area (Å²) in [7, 11) is 0. The molecule has 2 spiro atoms. The van der Waals surface area contributed by atoms with E-state index in [1.807, 2.05) is 57.2 Å². The summed E-state index contributed by atoms with van der Waals surface area (Å²) in [5.41, 5.74) is -0.367. The molecule has 1 aromatic carbocycles. The number of Topliss-reactive ketones (excluding diaryl/α,β-unsaturated/α-hetero) is 2. The van der Waals surface area contributed by atoms with E-state index in [4.69, 9.17) is 0 Å². The number of hydrogen-bond donors (Lipinski definition) is 4. The molecule has 1 aromatic rings. The van der Waals surface area contributed by atoms with Crippen molar-refractivity contribution in [2.45, 2.75) is 117 Å². The third kappa shape index (κ3) is 5.13. The summed E-state index contributed by atoms with van der Waals surface area (Å²) in [5.74, 6) is -1.78. The Balaban J connectivity index is 1.54. The summed E-state index contributed by atoms with van der Waals surface area (Å²) in [4.78, 5) is 40.2. The van der Waals surface area contributed by atoms with E-state index in [2.05, 4.69) is 13.0 Å². The molecule has 10 atom stereocenters. The van der Waals surface area contributed by atoms with Gasteiger partial charge in [-0.2, -0.15) is 0 Å². The second-order valence-electron chi connectivity index (χ2n) is 16.7. The van der Waals surface area contributed by atoms with Crippen molar-refractivity contribution in [2.24, 2.45) is 45.3 Å². The van der Waals surface area contributed by atoms with Crippen molar-refractivity contribution < 1.29 is 34.8 Å². The van der Waals surface area contributed by atoms with Crippen LogP contribution in [-0.2, 0) is 14.4 Å². The molecule has 0 radical (unpaired) electrons. The fraction of sp³-hybridized carbons (Fsp3) is 0.634. The molecule has 7 heteroatoms. The van der Waals surface area contributed by atoms with Gasteiger partial charge < -0.3 is 20.4 Å². The number of ketones is 2. The van der Waals surface area contributed by atoms with Crippen molar-refractivity contribution in [3.8, 4) is 0 Å². The number of aliphatic hydroxyl groups is 3. The molecule has 5 aliphatic rings. The van der Waals surface area contributed by atoms with Gasteiger partial charge in [-0.05, 0) is 79.4 Å². The Morgan fingerprint density at radius 1 is 1.02 bits per heavy atom. The number of hydrogen-bond acceptors (Lipinski definition) is 6. The van der Waals surface area contributed by atoms with E-state index in [9.17, 15) is 30.0 Å². The summed E-state index contributed by atoms with van der Waals surface area (Å²) in [6.07, 6.45) is 8.96. The lowest BCUT2D eigenvalue weighted by Gasteiger charge is -2.65. The van der Waals surface area contributed by atoms with Crippen molar-refractivity contribution in [1.82, 2.24) is 0 Å². The number of aliphatic hydroxyl groups excluding tert-OH is 3. The van der Waals surface area contributed by atoms with Gasteiger partial charge in [0.1, 0.15) is 5.78 Å².